The number of rotatable bonds is 7. The molecule has 10 nitrogen and oxygen atoms in total. The molecule has 2 aromatic rings. The van der Waals surface area contributed by atoms with E-state index in [2.05, 4.69) is 20.8 Å². The highest BCUT2D eigenvalue weighted by Crippen LogP contribution is 2.33. The van der Waals surface area contributed by atoms with Crippen LogP contribution in [0.4, 0.5) is 17.2 Å². The topological polar surface area (TPSA) is 143 Å². The second kappa shape index (κ2) is 7.91. The van der Waals surface area contributed by atoms with Crippen molar-refractivity contribution in [1.82, 2.24) is 15.5 Å². The summed E-state index contributed by atoms with van der Waals surface area (Å²) in [6.45, 7) is -1.92. The molecule has 1 saturated carbocycles. The molecule has 1 heterocycles. The largest absolute Gasteiger partial charge is 0.494 e. The standard InChI is InChI=1S/C18H19N5O5/c1-19-17(25)14-12(8-13(22-23-14)21-16(24)9-6-7-9)20-11-5-3-4-10(18(26)27)15(11)28-2/h3-5,8-9H,6-7H2,1-2H3,(H,19,25)(H,26,27)(H2,20,21,22,24)/i1D2/hD. The first-order chi connectivity index (χ1) is 14.7. The molecule has 2 amide bonds. The Kier molecular flexibility index (Phi) is 4.34. The lowest BCUT2D eigenvalue weighted by molar-refractivity contribution is -0.117. The van der Waals surface area contributed by atoms with E-state index in [-0.39, 0.29) is 45.6 Å². The van der Waals surface area contributed by atoms with Gasteiger partial charge in [-0.3, -0.25) is 9.59 Å². The van der Waals surface area contributed by atoms with Gasteiger partial charge < -0.3 is 25.8 Å². The van der Waals surface area contributed by atoms with Crippen LogP contribution in [0.5, 0.6) is 5.75 Å². The Morgan fingerprint density at radius 1 is 1.29 bits per heavy atom. The zero-order chi connectivity index (χ0) is 22.7. The van der Waals surface area contributed by atoms with Gasteiger partial charge in [-0.1, -0.05) is 6.07 Å². The number of aromatic nitrogens is 2. The van der Waals surface area contributed by atoms with Gasteiger partial charge in [0.15, 0.2) is 18.7 Å². The second-order valence-electron chi connectivity index (χ2n) is 6.01. The number of carbonyl (C=O) groups excluding carboxylic acids is 2. The number of benzene rings is 1. The molecule has 10 heteroatoms. The van der Waals surface area contributed by atoms with Crippen LogP contribution in [0.1, 0.15) is 36.4 Å². The van der Waals surface area contributed by atoms with Crippen LogP contribution < -0.4 is 20.7 Å². The Morgan fingerprint density at radius 2 is 2.07 bits per heavy atom. The smallest absolute Gasteiger partial charge is 0.339 e. The molecule has 1 fully saturated rings. The summed E-state index contributed by atoms with van der Waals surface area (Å²) in [5.74, 6) is -2.65. The molecule has 0 saturated heterocycles. The lowest BCUT2D eigenvalue weighted by atomic mass is 10.1. The maximum Gasteiger partial charge on any atom is 0.339 e. The third-order valence-electron chi connectivity index (χ3n) is 4.03. The van der Waals surface area contributed by atoms with Gasteiger partial charge in [-0.15, -0.1) is 10.2 Å². The molecule has 0 atom stereocenters. The summed E-state index contributed by atoms with van der Waals surface area (Å²) in [5.41, 5.74) is -0.380. The van der Waals surface area contributed by atoms with E-state index < -0.39 is 24.6 Å². The van der Waals surface area contributed by atoms with Crippen molar-refractivity contribution in [1.29, 1.82) is 0 Å². The molecule has 0 spiro atoms. The Labute approximate surface area is 164 Å². The highest BCUT2D eigenvalue weighted by Gasteiger charge is 2.30. The average Bonchev–Trinajstić information content (AvgIpc) is 3.58. The van der Waals surface area contributed by atoms with E-state index in [0.29, 0.717) is 0 Å². The molecule has 0 bridgehead atoms. The number of carboxylic acids is 1. The highest BCUT2D eigenvalue weighted by molar-refractivity contribution is 6.00. The van der Waals surface area contributed by atoms with Gasteiger partial charge in [-0.25, -0.2) is 4.79 Å². The molecule has 1 aromatic heterocycles. The molecule has 1 aliphatic rings. The maximum absolute atomic E-state index is 12.5. The van der Waals surface area contributed by atoms with Crippen LogP contribution in [0.15, 0.2) is 24.3 Å². The number of methoxy groups -OCH3 is 1. The van der Waals surface area contributed by atoms with Crippen molar-refractivity contribution in [3.63, 3.8) is 0 Å². The number of nitrogens with one attached hydrogen (secondary N) is 3. The van der Waals surface area contributed by atoms with Crippen molar-refractivity contribution in [3.05, 3.63) is 35.5 Å². The summed E-state index contributed by atoms with van der Waals surface area (Å²) in [6, 6.07) is 5.59. The van der Waals surface area contributed by atoms with Crippen molar-refractivity contribution in [2.45, 2.75) is 12.8 Å². The fourth-order valence-corrected chi connectivity index (χ4v) is 2.51. The number of hydrogen-bond donors (Lipinski definition) is 4. The van der Waals surface area contributed by atoms with Gasteiger partial charge in [0.25, 0.3) is 5.91 Å². The molecule has 28 heavy (non-hydrogen) atoms. The molecule has 4 N–H and O–H groups in total. The fourth-order valence-electron chi connectivity index (χ4n) is 2.51. The lowest BCUT2D eigenvalue weighted by Crippen LogP contribution is -2.22. The van der Waals surface area contributed by atoms with Gasteiger partial charge in [-0.2, -0.15) is 0 Å². The number of amides is 2. The Bertz CT molecular complexity index is 1030. The Morgan fingerprint density at radius 3 is 2.71 bits per heavy atom. The molecule has 0 unspecified atom stereocenters. The summed E-state index contributed by atoms with van der Waals surface area (Å²) >= 11 is 0. The quantitative estimate of drug-likeness (QED) is 0.561. The minimum absolute atomic E-state index is 0.0182. The van der Waals surface area contributed by atoms with E-state index in [4.69, 9.17) is 8.89 Å². The first-order valence-corrected chi connectivity index (χ1v) is 8.25. The Balaban J connectivity index is 2.02. The maximum atomic E-state index is 12.5. The highest BCUT2D eigenvalue weighted by atomic mass is 16.5. The molecule has 1 aliphatic carbocycles. The Hall–Kier alpha value is -3.69. The molecule has 3 rings (SSSR count). The predicted octanol–water partition coefficient (Wildman–Crippen LogP) is 1.64. The number of aromatic carboxylic acids is 1. The summed E-state index contributed by atoms with van der Waals surface area (Å²) in [5, 5.41) is 22.4. The number of carboxylic acid groups (broad SMARTS) is 1. The normalized spacial score (nSPS) is 14.4. The number of carbonyl (C=O) groups is 3. The second-order valence-corrected chi connectivity index (χ2v) is 6.01. The molecule has 146 valence electrons. The predicted molar refractivity (Wildman–Crippen MR) is 100 cm³/mol. The summed E-state index contributed by atoms with van der Waals surface area (Å²) in [7, 11) is 1.28. The number of hydrogen-bond acceptors (Lipinski definition) is 7. The zero-order valence-electron chi connectivity index (χ0n) is 17.8. The minimum Gasteiger partial charge on any atom is -0.494 e. The average molecular weight is 388 g/mol. The molecule has 1 aromatic carbocycles. The van der Waals surface area contributed by atoms with Gasteiger partial charge in [-0.05, 0) is 25.0 Å². The van der Waals surface area contributed by atoms with Crippen molar-refractivity contribution < 1.29 is 28.4 Å². The van der Waals surface area contributed by atoms with Crippen molar-refractivity contribution in [2.24, 2.45) is 5.92 Å². The van der Waals surface area contributed by atoms with Crippen LogP contribution in [0.25, 0.3) is 0 Å². The van der Waals surface area contributed by atoms with Crippen molar-refractivity contribution >= 4 is 35.0 Å². The minimum atomic E-state index is -1.92. The number of nitrogens with zero attached hydrogens (tertiary/aromatic N) is 2. The van der Waals surface area contributed by atoms with Crippen LogP contribution in [0.2, 0.25) is 1.41 Å². The summed E-state index contributed by atoms with van der Waals surface area (Å²) < 4.78 is 27.3. The van der Waals surface area contributed by atoms with Crippen LogP contribution in [-0.4, -0.2) is 47.2 Å². The summed E-state index contributed by atoms with van der Waals surface area (Å²) in [6.07, 6.45) is 1.53. The van der Waals surface area contributed by atoms with Gasteiger partial charge >= 0.3 is 5.97 Å². The van der Waals surface area contributed by atoms with Gasteiger partial charge in [0.1, 0.15) is 5.56 Å². The SMILES string of the molecule is [2H]C([2H])N([2H])C(=O)c1nnc(NC(=O)C2CC2)cc1Nc1cccc(C(=O)O)c1OC. The molecular weight excluding hydrogens is 366 g/mol. The fraction of sp³-hybridized carbons (Fsp3) is 0.278. The zero-order valence-corrected chi connectivity index (χ0v) is 14.8. The first-order valence-electron chi connectivity index (χ1n) is 9.86. The van der Waals surface area contributed by atoms with E-state index in [1.807, 2.05) is 0 Å². The van der Waals surface area contributed by atoms with Crippen LogP contribution in [0.3, 0.4) is 0 Å². The van der Waals surface area contributed by atoms with Gasteiger partial charge in [0.2, 0.25) is 5.91 Å². The number of anilines is 3. The third kappa shape index (κ3) is 4.00. The van der Waals surface area contributed by atoms with E-state index in [9.17, 15) is 19.5 Å². The summed E-state index contributed by atoms with van der Waals surface area (Å²) in [4.78, 5) is 36.0. The van der Waals surface area contributed by atoms with Crippen molar-refractivity contribution in [2.75, 3.05) is 24.7 Å². The van der Waals surface area contributed by atoms with Crippen LogP contribution in [0, 0.1) is 5.92 Å². The first kappa shape index (κ1) is 15.4. The van der Waals surface area contributed by atoms with E-state index in [1.165, 1.54) is 31.4 Å². The van der Waals surface area contributed by atoms with E-state index >= 15 is 0 Å². The van der Waals surface area contributed by atoms with Gasteiger partial charge in [0.05, 0.1) is 18.5 Å². The lowest BCUT2D eigenvalue weighted by Gasteiger charge is -2.15. The van der Waals surface area contributed by atoms with Crippen LogP contribution in [-0.2, 0) is 4.79 Å². The molecule has 0 aliphatic heterocycles. The third-order valence-corrected chi connectivity index (χ3v) is 4.03. The van der Waals surface area contributed by atoms with Gasteiger partial charge in [0, 0.05) is 21.7 Å². The van der Waals surface area contributed by atoms with E-state index in [1.54, 1.807) is 0 Å². The van der Waals surface area contributed by atoms with Crippen LogP contribution >= 0.6 is 0 Å². The monoisotopic (exact) mass is 388 g/mol. The molecular formula is C18H19N5O5. The van der Waals surface area contributed by atoms with E-state index in [0.717, 1.165) is 12.8 Å². The number of para-hydroxylation sites is 1. The van der Waals surface area contributed by atoms with Crippen molar-refractivity contribution in [3.8, 4) is 5.75 Å². The molecule has 0 radical (unpaired) electrons. The number of ether oxygens (including phenoxy) is 1.